The molecule has 4 N–H and O–H groups in total. The van der Waals surface area contributed by atoms with Crippen molar-refractivity contribution in [3.8, 4) is 0 Å². The lowest BCUT2D eigenvalue weighted by Crippen LogP contribution is -2.20. The fraction of sp³-hybridized carbons (Fsp3) is 0.267. The largest absolute Gasteiger partial charge is 0.395 e. The van der Waals surface area contributed by atoms with Gasteiger partial charge in [-0.3, -0.25) is 4.79 Å². The molecule has 6 heteroatoms. The number of thiophene rings is 1. The molecule has 0 saturated carbocycles. The number of nitrogens with zero attached hydrogens (tertiary/aromatic N) is 1. The molecule has 0 spiro atoms. The molecule has 1 heterocycles. The van der Waals surface area contributed by atoms with Gasteiger partial charge in [-0.15, -0.1) is 11.3 Å². The average Bonchev–Trinajstić information content (AvgIpc) is 2.95. The van der Waals surface area contributed by atoms with Crippen molar-refractivity contribution in [1.29, 1.82) is 0 Å². The van der Waals surface area contributed by atoms with E-state index in [2.05, 4.69) is 5.32 Å². The van der Waals surface area contributed by atoms with Crippen molar-refractivity contribution in [2.24, 2.45) is 5.73 Å². The third-order valence-corrected chi connectivity index (χ3v) is 4.09. The lowest BCUT2D eigenvalue weighted by Gasteiger charge is -2.18. The van der Waals surface area contributed by atoms with Crippen LogP contribution in [0.25, 0.3) is 0 Å². The fourth-order valence-electron chi connectivity index (χ4n) is 1.90. The molecule has 5 nitrogen and oxygen atoms in total. The summed E-state index contributed by atoms with van der Waals surface area (Å²) in [4.78, 5) is 14.1. The smallest absolute Gasteiger partial charge is 0.249 e. The molecule has 112 valence electrons. The number of primary amides is 1. The number of hydrogen-bond acceptors (Lipinski definition) is 5. The summed E-state index contributed by atoms with van der Waals surface area (Å²) in [7, 11) is 1.94. The summed E-state index contributed by atoms with van der Waals surface area (Å²) in [6, 6.07) is 9.80. The van der Waals surface area contributed by atoms with Gasteiger partial charge in [0.05, 0.1) is 12.2 Å². The monoisotopic (exact) mass is 305 g/mol. The molecule has 1 aromatic carbocycles. The average molecular weight is 305 g/mol. The minimum atomic E-state index is -0.395. The van der Waals surface area contributed by atoms with Crippen molar-refractivity contribution < 1.29 is 9.90 Å². The molecule has 2 aromatic rings. The first kappa shape index (κ1) is 15.3. The second-order valence-electron chi connectivity index (χ2n) is 4.71. The first-order valence-electron chi connectivity index (χ1n) is 6.63. The number of likely N-dealkylation sites (N-methyl/N-ethyl adjacent to an activating group) is 1. The predicted molar refractivity (Wildman–Crippen MR) is 87.0 cm³/mol. The Kier molecular flexibility index (Phi) is 5.19. The van der Waals surface area contributed by atoms with Gasteiger partial charge in [0.2, 0.25) is 5.91 Å². The lowest BCUT2D eigenvalue weighted by molar-refractivity contribution is 0.100. The number of carbonyl (C=O) groups is 1. The van der Waals surface area contributed by atoms with Gasteiger partial charge in [0.1, 0.15) is 0 Å². The molecule has 0 unspecified atom stereocenters. The van der Waals surface area contributed by atoms with Crippen LogP contribution in [0, 0.1) is 0 Å². The number of hydrogen-bond donors (Lipinski definition) is 3. The van der Waals surface area contributed by atoms with Gasteiger partial charge >= 0.3 is 0 Å². The number of carbonyl (C=O) groups excluding carboxylic acids is 1. The highest BCUT2D eigenvalue weighted by Gasteiger charge is 2.05. The zero-order chi connectivity index (χ0) is 15.2. The highest BCUT2D eigenvalue weighted by atomic mass is 32.1. The number of anilines is 2. The molecule has 0 aliphatic heterocycles. The topological polar surface area (TPSA) is 78.6 Å². The summed E-state index contributed by atoms with van der Waals surface area (Å²) >= 11 is 1.51. The second-order valence-corrected chi connectivity index (χ2v) is 5.71. The number of nitrogens with two attached hydrogens (primary N) is 1. The highest BCUT2D eigenvalue weighted by Crippen LogP contribution is 2.19. The van der Waals surface area contributed by atoms with Crippen LogP contribution in [0.3, 0.4) is 0 Å². The van der Waals surface area contributed by atoms with E-state index in [0.717, 1.165) is 16.3 Å². The molecular weight excluding hydrogens is 286 g/mol. The number of benzene rings is 1. The summed E-state index contributed by atoms with van der Waals surface area (Å²) in [6.45, 7) is 1.40. The number of aliphatic hydroxyl groups is 1. The summed E-state index contributed by atoms with van der Waals surface area (Å²) in [6.07, 6.45) is 0. The Bertz CT molecular complexity index is 595. The van der Waals surface area contributed by atoms with Crippen LogP contribution in [0.4, 0.5) is 11.4 Å². The van der Waals surface area contributed by atoms with Crippen LogP contribution in [0.5, 0.6) is 0 Å². The minimum absolute atomic E-state index is 0.136. The Balaban J connectivity index is 1.92. The van der Waals surface area contributed by atoms with E-state index >= 15 is 0 Å². The van der Waals surface area contributed by atoms with Gasteiger partial charge in [-0.25, -0.2) is 0 Å². The molecule has 0 atom stereocenters. The maximum absolute atomic E-state index is 11.0. The van der Waals surface area contributed by atoms with Crippen molar-refractivity contribution in [3.63, 3.8) is 0 Å². The second kappa shape index (κ2) is 7.10. The summed E-state index contributed by atoms with van der Waals surface area (Å²) in [5, 5.41) is 14.0. The van der Waals surface area contributed by atoms with Gasteiger partial charge in [-0.05, 0) is 30.3 Å². The number of rotatable bonds is 7. The first-order valence-corrected chi connectivity index (χ1v) is 7.51. The SMILES string of the molecule is CN(CCO)c1ccc(NCc2cc(C(N)=O)cs2)cc1. The third-order valence-electron chi connectivity index (χ3n) is 3.15. The Labute approximate surface area is 128 Å². The lowest BCUT2D eigenvalue weighted by atomic mass is 10.2. The van der Waals surface area contributed by atoms with Crippen LogP contribution in [-0.2, 0) is 6.54 Å². The fourth-order valence-corrected chi connectivity index (χ4v) is 2.72. The van der Waals surface area contributed by atoms with E-state index in [4.69, 9.17) is 10.8 Å². The van der Waals surface area contributed by atoms with Crippen LogP contribution in [0.1, 0.15) is 15.2 Å². The Morgan fingerprint density at radius 3 is 2.67 bits per heavy atom. The van der Waals surface area contributed by atoms with Crippen LogP contribution >= 0.6 is 11.3 Å². The van der Waals surface area contributed by atoms with E-state index in [1.54, 1.807) is 5.38 Å². The molecule has 21 heavy (non-hydrogen) atoms. The standard InChI is InChI=1S/C15H19N3O2S/c1-18(6-7-19)13-4-2-12(3-5-13)17-9-14-8-11(10-21-14)15(16)20/h2-5,8,10,17,19H,6-7,9H2,1H3,(H2,16,20). The van der Waals surface area contributed by atoms with E-state index in [9.17, 15) is 4.79 Å². The van der Waals surface area contributed by atoms with E-state index in [0.29, 0.717) is 18.7 Å². The van der Waals surface area contributed by atoms with Crippen LogP contribution in [0.15, 0.2) is 35.7 Å². The zero-order valence-electron chi connectivity index (χ0n) is 11.9. The van der Waals surface area contributed by atoms with Crippen molar-refractivity contribution in [2.75, 3.05) is 30.4 Å². The molecule has 0 aliphatic rings. The summed E-state index contributed by atoms with van der Waals surface area (Å²) < 4.78 is 0. The third kappa shape index (κ3) is 4.21. The van der Waals surface area contributed by atoms with Crippen molar-refractivity contribution in [2.45, 2.75) is 6.54 Å². The number of amides is 1. The summed E-state index contributed by atoms with van der Waals surface area (Å²) in [5.41, 5.74) is 7.84. The Hall–Kier alpha value is -2.05. The Morgan fingerprint density at radius 2 is 2.10 bits per heavy atom. The molecule has 1 amide bonds. The Morgan fingerprint density at radius 1 is 1.38 bits per heavy atom. The molecule has 0 saturated heterocycles. The van der Waals surface area contributed by atoms with Gasteiger partial charge in [0.25, 0.3) is 0 Å². The normalized spacial score (nSPS) is 10.4. The number of aliphatic hydroxyl groups excluding tert-OH is 1. The van der Waals surface area contributed by atoms with Gasteiger partial charge in [0, 0.05) is 41.8 Å². The predicted octanol–water partition coefficient (Wildman–Crippen LogP) is 1.89. The molecule has 0 radical (unpaired) electrons. The number of nitrogens with one attached hydrogen (secondary N) is 1. The molecule has 0 fully saturated rings. The van der Waals surface area contributed by atoms with Gasteiger partial charge < -0.3 is 21.1 Å². The van der Waals surface area contributed by atoms with Crippen molar-refractivity contribution >= 4 is 28.6 Å². The molecule has 0 aliphatic carbocycles. The van der Waals surface area contributed by atoms with Gasteiger partial charge in [0.15, 0.2) is 0 Å². The zero-order valence-corrected chi connectivity index (χ0v) is 12.7. The van der Waals surface area contributed by atoms with E-state index in [1.807, 2.05) is 42.3 Å². The van der Waals surface area contributed by atoms with Crippen molar-refractivity contribution in [3.05, 3.63) is 46.2 Å². The highest BCUT2D eigenvalue weighted by molar-refractivity contribution is 7.10. The molecule has 2 rings (SSSR count). The van der Waals surface area contributed by atoms with Crippen LogP contribution < -0.4 is 16.0 Å². The maximum atomic E-state index is 11.0. The van der Waals surface area contributed by atoms with Gasteiger partial charge in [-0.1, -0.05) is 0 Å². The van der Waals surface area contributed by atoms with Crippen LogP contribution in [0.2, 0.25) is 0 Å². The first-order chi connectivity index (χ1) is 10.1. The van der Waals surface area contributed by atoms with Crippen LogP contribution in [-0.4, -0.2) is 31.2 Å². The van der Waals surface area contributed by atoms with E-state index in [-0.39, 0.29) is 6.61 Å². The molecular formula is C15H19N3O2S. The summed E-state index contributed by atoms with van der Waals surface area (Å²) in [5.74, 6) is -0.395. The van der Waals surface area contributed by atoms with Crippen molar-refractivity contribution in [1.82, 2.24) is 0 Å². The molecule has 0 bridgehead atoms. The van der Waals surface area contributed by atoms with E-state index in [1.165, 1.54) is 11.3 Å². The van der Waals surface area contributed by atoms with Gasteiger partial charge in [-0.2, -0.15) is 0 Å². The molecule has 1 aromatic heterocycles. The maximum Gasteiger partial charge on any atom is 0.249 e. The quantitative estimate of drug-likeness (QED) is 0.730. The van der Waals surface area contributed by atoms with E-state index < -0.39 is 5.91 Å². The minimum Gasteiger partial charge on any atom is -0.395 e.